The first-order valence-electron chi connectivity index (χ1n) is 6.79. The average Bonchev–Trinajstić information content (AvgIpc) is 3.18. The lowest BCUT2D eigenvalue weighted by atomic mass is 10.0. The Morgan fingerprint density at radius 1 is 1.32 bits per heavy atom. The predicted octanol–water partition coefficient (Wildman–Crippen LogP) is 2.51. The van der Waals surface area contributed by atoms with Crippen LogP contribution in [-0.4, -0.2) is 28.2 Å². The zero-order chi connectivity index (χ0) is 13.3. The zero-order valence-electron chi connectivity index (χ0n) is 11.2. The molecular formula is C15H19N3O. The zero-order valence-corrected chi connectivity index (χ0v) is 11.2. The molecule has 0 aliphatic heterocycles. The number of rotatable bonds is 5. The maximum absolute atomic E-state index is 9.09. The smallest absolute Gasteiger partial charge is 0.137 e. The summed E-state index contributed by atoms with van der Waals surface area (Å²) in [5.41, 5.74) is 2.46. The fraction of sp³-hybridized carbons (Fsp3) is 0.467. The van der Waals surface area contributed by atoms with Crippen LogP contribution in [0.5, 0.6) is 0 Å². The summed E-state index contributed by atoms with van der Waals surface area (Å²) >= 11 is 0. The quantitative estimate of drug-likeness (QED) is 0.864. The summed E-state index contributed by atoms with van der Waals surface area (Å²) in [6, 6.07) is 6.15. The van der Waals surface area contributed by atoms with Crippen LogP contribution in [0.15, 0.2) is 24.5 Å². The molecule has 1 aliphatic rings. The average molecular weight is 257 g/mol. The number of para-hydroxylation sites is 1. The van der Waals surface area contributed by atoms with E-state index in [1.165, 1.54) is 18.4 Å². The Hall–Kier alpha value is -1.68. The van der Waals surface area contributed by atoms with Gasteiger partial charge in [0, 0.05) is 18.5 Å². The van der Waals surface area contributed by atoms with Crippen LogP contribution >= 0.6 is 0 Å². The molecule has 0 amide bonds. The summed E-state index contributed by atoms with van der Waals surface area (Å²) in [6.45, 7) is 3.21. The van der Waals surface area contributed by atoms with E-state index in [9.17, 15) is 0 Å². The number of nitrogens with one attached hydrogen (secondary N) is 1. The molecule has 1 aromatic heterocycles. The molecule has 2 N–H and O–H groups in total. The van der Waals surface area contributed by atoms with E-state index < -0.39 is 0 Å². The molecule has 100 valence electrons. The number of aliphatic hydroxyl groups is 1. The first-order chi connectivity index (χ1) is 9.24. The van der Waals surface area contributed by atoms with Gasteiger partial charge in [0.05, 0.1) is 5.52 Å². The second kappa shape index (κ2) is 4.78. The van der Waals surface area contributed by atoms with Gasteiger partial charge in [-0.15, -0.1) is 0 Å². The van der Waals surface area contributed by atoms with E-state index in [0.717, 1.165) is 29.7 Å². The van der Waals surface area contributed by atoms with Gasteiger partial charge >= 0.3 is 0 Å². The lowest BCUT2D eigenvalue weighted by Crippen LogP contribution is -2.17. The minimum atomic E-state index is 0.269. The van der Waals surface area contributed by atoms with Crippen molar-refractivity contribution in [3.8, 4) is 0 Å². The molecular weight excluding hydrogens is 238 g/mol. The number of nitrogens with zero attached hydrogens (tertiary/aromatic N) is 2. The van der Waals surface area contributed by atoms with Gasteiger partial charge < -0.3 is 10.4 Å². The molecule has 19 heavy (non-hydrogen) atoms. The van der Waals surface area contributed by atoms with Crippen LogP contribution in [-0.2, 0) is 0 Å². The normalized spacial score (nSPS) is 16.5. The number of aliphatic hydroxyl groups excluding tert-OH is 1. The molecule has 1 fully saturated rings. The van der Waals surface area contributed by atoms with E-state index in [1.54, 1.807) is 6.33 Å². The fourth-order valence-electron chi connectivity index (χ4n) is 2.58. The summed E-state index contributed by atoms with van der Waals surface area (Å²) in [6.07, 6.45) is 4.89. The number of benzene rings is 1. The van der Waals surface area contributed by atoms with Gasteiger partial charge in [0.15, 0.2) is 0 Å². The molecule has 4 heteroatoms. The molecule has 0 spiro atoms. The van der Waals surface area contributed by atoms with Crippen molar-refractivity contribution in [1.82, 2.24) is 9.97 Å². The van der Waals surface area contributed by atoms with Crippen molar-refractivity contribution in [1.29, 1.82) is 0 Å². The molecule has 1 aromatic carbocycles. The van der Waals surface area contributed by atoms with Gasteiger partial charge in [0.2, 0.25) is 0 Å². The van der Waals surface area contributed by atoms with E-state index >= 15 is 0 Å². The number of fused-ring (bicyclic) bond motifs is 1. The number of anilines is 1. The standard InChI is InChI=1S/C15H19N3O/c1-11-3-2-4-12-13(11)17-10-18-14(12)16-9-15(5-6-15)7-8-19/h2-4,10,19H,5-9H2,1H3,(H,16,17,18). The van der Waals surface area contributed by atoms with Crippen molar-refractivity contribution in [2.24, 2.45) is 5.41 Å². The molecule has 1 aliphatic carbocycles. The fourth-order valence-corrected chi connectivity index (χ4v) is 2.58. The minimum Gasteiger partial charge on any atom is -0.396 e. The number of aromatic nitrogens is 2. The van der Waals surface area contributed by atoms with Crippen molar-refractivity contribution in [2.75, 3.05) is 18.5 Å². The van der Waals surface area contributed by atoms with Crippen LogP contribution in [0.3, 0.4) is 0 Å². The van der Waals surface area contributed by atoms with Crippen molar-refractivity contribution in [3.05, 3.63) is 30.1 Å². The third-order valence-electron chi connectivity index (χ3n) is 4.10. The molecule has 0 unspecified atom stereocenters. The Labute approximate surface area is 112 Å². The largest absolute Gasteiger partial charge is 0.396 e. The van der Waals surface area contributed by atoms with Crippen LogP contribution < -0.4 is 5.32 Å². The van der Waals surface area contributed by atoms with Gasteiger partial charge in [-0.25, -0.2) is 9.97 Å². The van der Waals surface area contributed by atoms with Gasteiger partial charge in [0.25, 0.3) is 0 Å². The third kappa shape index (κ3) is 2.40. The summed E-state index contributed by atoms with van der Waals surface area (Å²) in [5.74, 6) is 0.901. The highest BCUT2D eigenvalue weighted by Gasteiger charge is 2.41. The van der Waals surface area contributed by atoms with Gasteiger partial charge in [-0.05, 0) is 43.2 Å². The number of aryl methyl sites for hydroxylation is 1. The van der Waals surface area contributed by atoms with Gasteiger partial charge in [-0.2, -0.15) is 0 Å². The van der Waals surface area contributed by atoms with Crippen LogP contribution in [0.4, 0.5) is 5.82 Å². The van der Waals surface area contributed by atoms with Crippen LogP contribution in [0.25, 0.3) is 10.9 Å². The molecule has 1 saturated carbocycles. The van der Waals surface area contributed by atoms with Crippen LogP contribution in [0, 0.1) is 12.3 Å². The maximum Gasteiger partial charge on any atom is 0.137 e. The molecule has 4 nitrogen and oxygen atoms in total. The van der Waals surface area contributed by atoms with Gasteiger partial charge in [0.1, 0.15) is 12.1 Å². The molecule has 3 rings (SSSR count). The Morgan fingerprint density at radius 2 is 2.16 bits per heavy atom. The second-order valence-electron chi connectivity index (χ2n) is 5.52. The number of hydrogen-bond donors (Lipinski definition) is 2. The Bertz CT molecular complexity index is 593. The summed E-state index contributed by atoms with van der Waals surface area (Å²) in [5, 5.41) is 13.6. The second-order valence-corrected chi connectivity index (χ2v) is 5.52. The number of hydrogen-bond acceptors (Lipinski definition) is 4. The highest BCUT2D eigenvalue weighted by molar-refractivity contribution is 5.90. The van der Waals surface area contributed by atoms with Crippen LogP contribution in [0.1, 0.15) is 24.8 Å². The SMILES string of the molecule is Cc1cccc2c(NCC3(CCO)CC3)ncnc12. The van der Waals surface area contributed by atoms with E-state index in [4.69, 9.17) is 5.11 Å². The first kappa shape index (κ1) is 12.4. The first-order valence-corrected chi connectivity index (χ1v) is 6.79. The minimum absolute atomic E-state index is 0.269. The summed E-state index contributed by atoms with van der Waals surface area (Å²) in [4.78, 5) is 8.70. The van der Waals surface area contributed by atoms with Crippen LogP contribution in [0.2, 0.25) is 0 Å². The lowest BCUT2D eigenvalue weighted by Gasteiger charge is -2.16. The highest BCUT2D eigenvalue weighted by atomic mass is 16.3. The molecule has 0 bridgehead atoms. The molecule has 0 saturated heterocycles. The Balaban J connectivity index is 1.83. The molecule has 2 aromatic rings. The highest BCUT2D eigenvalue weighted by Crippen LogP contribution is 2.48. The summed E-state index contributed by atoms with van der Waals surface area (Å²) < 4.78 is 0. The van der Waals surface area contributed by atoms with Gasteiger partial charge in [-0.3, -0.25) is 0 Å². The van der Waals surface area contributed by atoms with E-state index in [1.807, 2.05) is 6.07 Å². The monoisotopic (exact) mass is 257 g/mol. The van der Waals surface area contributed by atoms with Crippen molar-refractivity contribution >= 4 is 16.7 Å². The predicted molar refractivity (Wildman–Crippen MR) is 76.1 cm³/mol. The topological polar surface area (TPSA) is 58.0 Å². The third-order valence-corrected chi connectivity index (χ3v) is 4.10. The molecule has 0 radical (unpaired) electrons. The van der Waals surface area contributed by atoms with Crippen molar-refractivity contribution in [3.63, 3.8) is 0 Å². The molecule has 0 atom stereocenters. The summed E-state index contributed by atoms with van der Waals surface area (Å²) in [7, 11) is 0. The van der Waals surface area contributed by atoms with E-state index in [-0.39, 0.29) is 12.0 Å². The van der Waals surface area contributed by atoms with Crippen molar-refractivity contribution in [2.45, 2.75) is 26.2 Å². The van der Waals surface area contributed by atoms with Gasteiger partial charge in [-0.1, -0.05) is 12.1 Å². The maximum atomic E-state index is 9.09. The van der Waals surface area contributed by atoms with E-state index in [0.29, 0.717) is 0 Å². The Kier molecular flexibility index (Phi) is 3.11. The van der Waals surface area contributed by atoms with E-state index in [2.05, 4.69) is 34.3 Å². The lowest BCUT2D eigenvalue weighted by molar-refractivity contribution is 0.253. The Morgan fingerprint density at radius 3 is 2.89 bits per heavy atom. The van der Waals surface area contributed by atoms with Crippen molar-refractivity contribution < 1.29 is 5.11 Å². The molecule has 1 heterocycles.